The van der Waals surface area contributed by atoms with E-state index in [0.717, 1.165) is 11.6 Å². The monoisotopic (exact) mass is 434 g/mol. The van der Waals surface area contributed by atoms with Crippen molar-refractivity contribution in [2.24, 2.45) is 5.73 Å². The molecule has 0 radical (unpaired) electrons. The number of benzene rings is 2. The average molecular weight is 434 g/mol. The first-order valence-corrected chi connectivity index (χ1v) is 8.90. The number of nitrogens with zero attached hydrogens (tertiary/aromatic N) is 3. The van der Waals surface area contributed by atoms with Gasteiger partial charge in [-0.3, -0.25) is 4.79 Å². The number of primary amides is 1. The van der Waals surface area contributed by atoms with Crippen molar-refractivity contribution in [2.45, 2.75) is 19.0 Å². The molecular weight excluding hydrogens is 417 g/mol. The molecule has 1 heterocycles. The highest BCUT2D eigenvalue weighted by atomic mass is 19.4. The molecule has 3 rings (SSSR count). The van der Waals surface area contributed by atoms with Crippen LogP contribution < -0.4 is 5.73 Å². The van der Waals surface area contributed by atoms with Crippen LogP contribution in [0.4, 0.5) is 13.2 Å². The molecule has 0 bridgehead atoms. The molecule has 11 heteroatoms. The number of rotatable bonds is 6. The van der Waals surface area contributed by atoms with Gasteiger partial charge in [0.2, 0.25) is 11.7 Å². The molecular formula is C20H17F3N4O4. The van der Waals surface area contributed by atoms with E-state index in [9.17, 15) is 33.0 Å². The second-order valence-electron chi connectivity index (χ2n) is 6.76. The van der Waals surface area contributed by atoms with Gasteiger partial charge < -0.3 is 15.9 Å². The van der Waals surface area contributed by atoms with Gasteiger partial charge in [0.15, 0.2) is 0 Å². The molecule has 1 atom stereocenters. The molecule has 0 fully saturated rings. The fourth-order valence-electron chi connectivity index (χ4n) is 3.23. The van der Waals surface area contributed by atoms with Crippen molar-refractivity contribution in [3.05, 3.63) is 65.2 Å². The van der Waals surface area contributed by atoms with E-state index < -0.39 is 42.0 Å². The Morgan fingerprint density at radius 1 is 1.19 bits per heavy atom. The van der Waals surface area contributed by atoms with Gasteiger partial charge in [0.05, 0.1) is 23.8 Å². The normalized spacial score (nSPS) is 12.5. The molecule has 2 aromatic carbocycles. The minimum Gasteiger partial charge on any atom is -0.478 e. The lowest BCUT2D eigenvalue weighted by Crippen LogP contribution is -2.27. The smallest absolute Gasteiger partial charge is 0.451 e. The van der Waals surface area contributed by atoms with Crippen LogP contribution >= 0.6 is 0 Å². The van der Waals surface area contributed by atoms with Crippen molar-refractivity contribution in [3.63, 3.8) is 0 Å². The SMILES string of the molecule is Cc1ccc(-c2cc(-n3ncnc3C(F)(F)F)cc(C(=O)O)c2[C@@H](CO)C(N)=O)cc1. The summed E-state index contributed by atoms with van der Waals surface area (Å²) in [5, 5.41) is 23.0. The van der Waals surface area contributed by atoms with Crippen LogP contribution in [0.5, 0.6) is 0 Å². The summed E-state index contributed by atoms with van der Waals surface area (Å²) in [6, 6.07) is 8.84. The number of nitrogens with two attached hydrogens (primary N) is 1. The first-order valence-electron chi connectivity index (χ1n) is 8.90. The van der Waals surface area contributed by atoms with Crippen LogP contribution in [0.25, 0.3) is 16.8 Å². The third-order valence-electron chi connectivity index (χ3n) is 4.68. The Balaban J connectivity index is 2.40. The highest BCUT2D eigenvalue weighted by Crippen LogP contribution is 2.36. The molecule has 0 aliphatic carbocycles. The molecule has 3 aromatic rings. The zero-order valence-corrected chi connectivity index (χ0v) is 16.1. The van der Waals surface area contributed by atoms with Crippen molar-refractivity contribution in [2.75, 3.05) is 6.61 Å². The Morgan fingerprint density at radius 3 is 2.35 bits per heavy atom. The number of aliphatic hydroxyl groups is 1. The number of halogens is 3. The van der Waals surface area contributed by atoms with Crippen LogP contribution in [0, 0.1) is 6.92 Å². The standard InChI is InChI=1S/C20H17F3N4O4/c1-10-2-4-11(5-3-10)13-6-12(27-19(20(21,22)23)25-9-26-27)7-14(18(30)31)16(13)15(8-28)17(24)29/h2-7,9,15,28H,8H2,1H3,(H2,24,29)(H,30,31)/t15-/m1/s1. The van der Waals surface area contributed by atoms with Crippen molar-refractivity contribution in [3.8, 4) is 16.8 Å². The first kappa shape index (κ1) is 22.0. The number of alkyl halides is 3. The minimum absolute atomic E-state index is 0.108. The number of carboxylic acids is 1. The van der Waals surface area contributed by atoms with Crippen LogP contribution in [0.1, 0.15) is 33.2 Å². The number of carbonyl (C=O) groups is 2. The average Bonchev–Trinajstić information content (AvgIpc) is 3.19. The number of aliphatic hydroxyl groups excluding tert-OH is 1. The molecule has 31 heavy (non-hydrogen) atoms. The largest absolute Gasteiger partial charge is 0.478 e. The van der Waals surface area contributed by atoms with Crippen LogP contribution in [-0.2, 0) is 11.0 Å². The lowest BCUT2D eigenvalue weighted by Gasteiger charge is -2.21. The summed E-state index contributed by atoms with van der Waals surface area (Å²) < 4.78 is 40.4. The second kappa shape index (κ2) is 8.19. The zero-order valence-electron chi connectivity index (χ0n) is 16.1. The first-order chi connectivity index (χ1) is 14.5. The zero-order chi connectivity index (χ0) is 22.9. The molecule has 1 amide bonds. The summed E-state index contributed by atoms with van der Waals surface area (Å²) in [5.41, 5.74) is 5.95. The summed E-state index contributed by atoms with van der Waals surface area (Å²) in [6.07, 6.45) is -4.15. The molecule has 0 unspecified atom stereocenters. The van der Waals surface area contributed by atoms with Gasteiger partial charge in [0.1, 0.15) is 6.33 Å². The Bertz CT molecular complexity index is 1140. The van der Waals surface area contributed by atoms with E-state index in [1.807, 2.05) is 6.92 Å². The number of aromatic carboxylic acids is 1. The molecule has 4 N–H and O–H groups in total. The van der Waals surface area contributed by atoms with Gasteiger partial charge in [-0.05, 0) is 35.7 Å². The summed E-state index contributed by atoms with van der Waals surface area (Å²) in [6.45, 7) is 1.03. The molecule has 0 saturated heterocycles. The van der Waals surface area contributed by atoms with Crippen LogP contribution in [0.15, 0.2) is 42.7 Å². The minimum atomic E-state index is -4.84. The van der Waals surface area contributed by atoms with E-state index in [4.69, 9.17) is 5.73 Å². The van der Waals surface area contributed by atoms with Crippen LogP contribution in [0.3, 0.4) is 0 Å². The Morgan fingerprint density at radius 2 is 1.84 bits per heavy atom. The molecule has 0 aliphatic rings. The van der Waals surface area contributed by atoms with E-state index in [2.05, 4.69) is 10.1 Å². The van der Waals surface area contributed by atoms with Crippen LogP contribution in [-0.4, -0.2) is 43.5 Å². The van der Waals surface area contributed by atoms with Gasteiger partial charge in [-0.1, -0.05) is 29.8 Å². The van der Waals surface area contributed by atoms with E-state index >= 15 is 0 Å². The van der Waals surface area contributed by atoms with Gasteiger partial charge in [-0.25, -0.2) is 14.5 Å². The van der Waals surface area contributed by atoms with E-state index in [1.165, 1.54) is 6.07 Å². The van der Waals surface area contributed by atoms with Gasteiger partial charge in [0.25, 0.3) is 0 Å². The molecule has 0 saturated carbocycles. The highest BCUT2D eigenvalue weighted by Gasteiger charge is 2.38. The van der Waals surface area contributed by atoms with Gasteiger partial charge >= 0.3 is 12.1 Å². The summed E-state index contributed by atoms with van der Waals surface area (Å²) in [5.74, 6) is -5.24. The summed E-state index contributed by atoms with van der Waals surface area (Å²) >= 11 is 0. The highest BCUT2D eigenvalue weighted by molar-refractivity contribution is 5.97. The van der Waals surface area contributed by atoms with Crippen molar-refractivity contribution in [1.29, 1.82) is 0 Å². The number of aryl methyl sites for hydroxylation is 1. The van der Waals surface area contributed by atoms with Crippen molar-refractivity contribution in [1.82, 2.24) is 14.8 Å². The number of hydrogen-bond donors (Lipinski definition) is 3. The Hall–Kier alpha value is -3.73. The summed E-state index contributed by atoms with van der Waals surface area (Å²) in [7, 11) is 0. The predicted molar refractivity (Wildman–Crippen MR) is 103 cm³/mol. The van der Waals surface area contributed by atoms with E-state index in [1.54, 1.807) is 24.3 Å². The second-order valence-corrected chi connectivity index (χ2v) is 6.76. The molecule has 8 nitrogen and oxygen atoms in total. The van der Waals surface area contributed by atoms with Gasteiger partial charge in [0, 0.05) is 0 Å². The third-order valence-corrected chi connectivity index (χ3v) is 4.68. The third kappa shape index (κ3) is 4.26. The fraction of sp³-hybridized carbons (Fsp3) is 0.200. The lowest BCUT2D eigenvalue weighted by molar-refractivity contribution is -0.146. The maximum atomic E-state index is 13.3. The number of carboxylic acid groups (broad SMARTS) is 1. The van der Waals surface area contributed by atoms with E-state index in [-0.39, 0.29) is 16.8 Å². The quantitative estimate of drug-likeness (QED) is 0.546. The van der Waals surface area contributed by atoms with E-state index in [0.29, 0.717) is 16.6 Å². The maximum Gasteiger partial charge on any atom is 0.451 e. The molecule has 0 spiro atoms. The number of amides is 1. The molecule has 1 aromatic heterocycles. The topological polar surface area (TPSA) is 131 Å². The fourth-order valence-corrected chi connectivity index (χ4v) is 3.23. The predicted octanol–water partition coefficient (Wildman–Crippen LogP) is 2.52. The summed E-state index contributed by atoms with van der Waals surface area (Å²) in [4.78, 5) is 27.2. The van der Waals surface area contributed by atoms with Crippen molar-refractivity contribution < 1.29 is 33.0 Å². The van der Waals surface area contributed by atoms with Gasteiger partial charge in [-0.2, -0.15) is 18.3 Å². The van der Waals surface area contributed by atoms with Crippen LogP contribution in [0.2, 0.25) is 0 Å². The Kier molecular flexibility index (Phi) is 5.80. The number of aromatic nitrogens is 3. The maximum absolute atomic E-state index is 13.3. The number of hydrogen-bond acceptors (Lipinski definition) is 5. The number of carbonyl (C=O) groups excluding carboxylic acids is 1. The molecule has 0 aliphatic heterocycles. The van der Waals surface area contributed by atoms with Gasteiger partial charge in [-0.15, -0.1) is 0 Å². The lowest BCUT2D eigenvalue weighted by atomic mass is 9.85. The molecule has 162 valence electrons. The Labute approximate surface area is 173 Å². The van der Waals surface area contributed by atoms with Crippen molar-refractivity contribution >= 4 is 11.9 Å².